The summed E-state index contributed by atoms with van der Waals surface area (Å²) in [6.07, 6.45) is -0.398. The van der Waals surface area contributed by atoms with Crippen molar-refractivity contribution in [1.29, 1.82) is 0 Å². The number of hydrogen-bond acceptors (Lipinski definition) is 12. The maximum absolute atomic E-state index is 13.2. The smallest absolute Gasteiger partial charge is 0.273 e. The fourth-order valence-electron chi connectivity index (χ4n) is 4.06. The topological polar surface area (TPSA) is 175 Å². The van der Waals surface area contributed by atoms with Crippen LogP contribution in [0.15, 0.2) is 58.3 Å². The van der Waals surface area contributed by atoms with Gasteiger partial charge < -0.3 is 9.47 Å². The maximum atomic E-state index is 13.2. The zero-order valence-electron chi connectivity index (χ0n) is 24.2. The number of carbonyl (C=O) groups is 6. The standard InChI is InChI=1S/C28H26N6O8S4/c1-41-17-9-5-3-7-15(17)23(37)31-29-19(35)11-13-33-25(39)21(45-27(33)43)22-26(40)34(28(44)46-22)14-12-20(36)30-32-24(38)16-8-4-6-10-18(16)42-2/h3-10H,11-14H2,1-2H3,(H,29,35)(H,30,36)(H,31,37)(H,32,38). The van der Waals surface area contributed by atoms with Crippen LogP contribution in [0, 0.1) is 0 Å². The monoisotopic (exact) mass is 702 g/mol. The van der Waals surface area contributed by atoms with Crippen molar-refractivity contribution in [3.8, 4) is 11.5 Å². The number of methoxy groups -OCH3 is 2. The van der Waals surface area contributed by atoms with E-state index in [2.05, 4.69) is 21.7 Å². The van der Waals surface area contributed by atoms with Gasteiger partial charge in [0, 0.05) is 25.9 Å². The lowest BCUT2D eigenvalue weighted by Gasteiger charge is -2.15. The largest absolute Gasteiger partial charge is 0.496 e. The Hall–Kier alpha value is -4.52. The molecule has 2 fully saturated rings. The molecule has 0 spiro atoms. The van der Waals surface area contributed by atoms with Crippen LogP contribution in [0.25, 0.3) is 0 Å². The molecular weight excluding hydrogens is 677 g/mol. The van der Waals surface area contributed by atoms with E-state index in [1.807, 2.05) is 0 Å². The molecule has 0 saturated carbocycles. The summed E-state index contributed by atoms with van der Waals surface area (Å²) in [6.45, 7) is -0.211. The first-order valence-electron chi connectivity index (χ1n) is 13.3. The number of para-hydroxylation sites is 2. The molecule has 2 aromatic rings. The molecule has 0 aliphatic carbocycles. The quantitative estimate of drug-likeness (QED) is 0.160. The lowest BCUT2D eigenvalue weighted by molar-refractivity contribution is -0.126. The van der Waals surface area contributed by atoms with Crippen molar-refractivity contribution in [2.24, 2.45) is 0 Å². The zero-order chi connectivity index (χ0) is 33.4. The third-order valence-corrected chi connectivity index (χ3v) is 9.39. The van der Waals surface area contributed by atoms with Crippen molar-refractivity contribution in [2.75, 3.05) is 27.3 Å². The Labute approximate surface area is 281 Å². The average Bonchev–Trinajstić information content (AvgIpc) is 3.51. The van der Waals surface area contributed by atoms with E-state index < -0.39 is 35.4 Å². The average molecular weight is 703 g/mol. The summed E-state index contributed by atoms with van der Waals surface area (Å²) < 4.78 is 10.6. The van der Waals surface area contributed by atoms with Crippen LogP contribution in [-0.2, 0) is 19.2 Å². The predicted octanol–water partition coefficient (Wildman–Crippen LogP) is 1.64. The summed E-state index contributed by atoms with van der Waals surface area (Å²) in [6, 6.07) is 12.9. The summed E-state index contributed by atoms with van der Waals surface area (Å²) in [5.74, 6) is -2.83. The molecule has 2 heterocycles. The lowest BCUT2D eigenvalue weighted by Crippen LogP contribution is -2.43. The van der Waals surface area contributed by atoms with Crippen LogP contribution in [-0.4, -0.2) is 81.2 Å². The second-order valence-corrected chi connectivity index (χ2v) is 12.5. The zero-order valence-corrected chi connectivity index (χ0v) is 27.5. The molecule has 2 saturated heterocycles. The van der Waals surface area contributed by atoms with Gasteiger partial charge >= 0.3 is 0 Å². The molecule has 46 heavy (non-hydrogen) atoms. The van der Waals surface area contributed by atoms with E-state index in [0.717, 1.165) is 23.5 Å². The van der Waals surface area contributed by atoms with Gasteiger partial charge in [-0.3, -0.25) is 60.3 Å². The first-order chi connectivity index (χ1) is 22.0. The van der Waals surface area contributed by atoms with Crippen molar-refractivity contribution >= 4 is 92.0 Å². The number of hydrogen-bond donors (Lipinski definition) is 4. The summed E-state index contributed by atoms with van der Waals surface area (Å²) in [4.78, 5) is 78.4. The number of hydrazine groups is 2. The van der Waals surface area contributed by atoms with Gasteiger partial charge in [-0.15, -0.1) is 0 Å². The van der Waals surface area contributed by atoms with Gasteiger partial charge in [0.15, 0.2) is 0 Å². The molecular formula is C28H26N6O8S4. The Kier molecular flexibility index (Phi) is 11.7. The molecule has 4 rings (SSSR count). The van der Waals surface area contributed by atoms with E-state index >= 15 is 0 Å². The van der Waals surface area contributed by atoms with Crippen LogP contribution in [0.2, 0.25) is 0 Å². The number of amides is 6. The molecule has 0 aromatic heterocycles. The lowest BCUT2D eigenvalue weighted by atomic mass is 10.2. The van der Waals surface area contributed by atoms with Gasteiger partial charge in [-0.25, -0.2) is 0 Å². The van der Waals surface area contributed by atoms with E-state index in [1.54, 1.807) is 36.4 Å². The number of nitrogens with one attached hydrogen (secondary N) is 4. The normalized spacial score (nSPS) is 16.0. The molecule has 4 N–H and O–H groups in total. The fourth-order valence-corrected chi connectivity index (χ4v) is 6.83. The molecule has 2 aromatic carbocycles. The fraction of sp³-hybridized carbons (Fsp3) is 0.214. The second-order valence-electron chi connectivity index (χ2n) is 9.21. The van der Waals surface area contributed by atoms with Gasteiger partial charge in [0.1, 0.15) is 20.1 Å². The van der Waals surface area contributed by atoms with E-state index in [9.17, 15) is 28.8 Å². The van der Waals surface area contributed by atoms with Crippen LogP contribution in [0.1, 0.15) is 33.6 Å². The van der Waals surface area contributed by atoms with Crippen LogP contribution in [0.4, 0.5) is 0 Å². The van der Waals surface area contributed by atoms with Gasteiger partial charge in [-0.05, 0) is 24.3 Å². The molecule has 0 bridgehead atoms. The van der Waals surface area contributed by atoms with Gasteiger partial charge in [-0.1, -0.05) is 72.2 Å². The number of carbonyl (C=O) groups excluding carboxylic acids is 6. The number of thioether (sulfide) groups is 2. The summed E-state index contributed by atoms with van der Waals surface area (Å²) in [5.41, 5.74) is 9.60. The van der Waals surface area contributed by atoms with Crippen molar-refractivity contribution in [3.63, 3.8) is 0 Å². The minimum absolute atomic E-state index is 0.0586. The van der Waals surface area contributed by atoms with Crippen molar-refractivity contribution < 1.29 is 38.2 Å². The molecule has 0 atom stereocenters. The first kappa shape index (κ1) is 34.4. The molecule has 0 radical (unpaired) electrons. The highest BCUT2D eigenvalue weighted by molar-refractivity contribution is 8.29. The highest BCUT2D eigenvalue weighted by Crippen LogP contribution is 2.42. The van der Waals surface area contributed by atoms with Gasteiger partial charge in [0.25, 0.3) is 23.6 Å². The molecule has 18 heteroatoms. The van der Waals surface area contributed by atoms with Crippen LogP contribution >= 0.6 is 48.0 Å². The van der Waals surface area contributed by atoms with Gasteiger partial charge in [0.2, 0.25) is 11.8 Å². The third kappa shape index (κ3) is 8.00. The summed E-state index contributed by atoms with van der Waals surface area (Å²) in [7, 11) is 2.83. The Bertz CT molecular complexity index is 1550. The SMILES string of the molecule is COc1ccccc1C(=O)NNC(=O)CCN1C(=O)C(=C2SC(=S)N(CCC(=O)NNC(=O)c3ccccc3OC)C2=O)SC1=S. The van der Waals surface area contributed by atoms with Crippen molar-refractivity contribution in [3.05, 3.63) is 69.5 Å². The maximum Gasteiger partial charge on any atom is 0.273 e. The van der Waals surface area contributed by atoms with Crippen LogP contribution in [0.5, 0.6) is 11.5 Å². The Morgan fingerprint density at radius 3 is 1.39 bits per heavy atom. The van der Waals surface area contributed by atoms with Gasteiger partial charge in [-0.2, -0.15) is 0 Å². The van der Waals surface area contributed by atoms with Crippen LogP contribution in [0.3, 0.4) is 0 Å². The minimum atomic E-state index is -0.589. The van der Waals surface area contributed by atoms with E-state index in [0.29, 0.717) is 11.5 Å². The number of benzene rings is 2. The highest BCUT2D eigenvalue weighted by Gasteiger charge is 2.42. The molecule has 2 aliphatic heterocycles. The van der Waals surface area contributed by atoms with E-state index in [4.69, 9.17) is 33.9 Å². The molecule has 14 nitrogen and oxygen atoms in total. The van der Waals surface area contributed by atoms with Crippen molar-refractivity contribution in [2.45, 2.75) is 12.8 Å². The molecule has 240 valence electrons. The number of rotatable bonds is 10. The molecule has 2 aliphatic rings. The highest BCUT2D eigenvalue weighted by atomic mass is 32.2. The summed E-state index contributed by atoms with van der Waals surface area (Å²) >= 11 is 12.4. The van der Waals surface area contributed by atoms with Gasteiger partial charge in [0.05, 0.1) is 35.2 Å². The van der Waals surface area contributed by atoms with Crippen LogP contribution < -0.4 is 31.2 Å². The Morgan fingerprint density at radius 2 is 1.02 bits per heavy atom. The minimum Gasteiger partial charge on any atom is -0.496 e. The summed E-state index contributed by atoms with van der Waals surface area (Å²) in [5, 5.41) is 0. The van der Waals surface area contributed by atoms with E-state index in [1.165, 1.54) is 36.2 Å². The Balaban J connectivity index is 1.27. The number of ether oxygens (including phenoxy) is 2. The van der Waals surface area contributed by atoms with E-state index in [-0.39, 0.29) is 55.5 Å². The first-order valence-corrected chi connectivity index (χ1v) is 15.8. The number of thiocarbonyl (C=S) groups is 2. The predicted molar refractivity (Wildman–Crippen MR) is 177 cm³/mol. The second kappa shape index (κ2) is 15.7. The molecule has 6 amide bonds. The third-order valence-electron chi connectivity index (χ3n) is 6.36. The Morgan fingerprint density at radius 1 is 0.652 bits per heavy atom. The molecule has 0 unspecified atom stereocenters. The van der Waals surface area contributed by atoms with Crippen molar-refractivity contribution in [1.82, 2.24) is 31.5 Å². The number of nitrogens with zero attached hydrogens (tertiary/aromatic N) is 2.